The SMILES string of the molecule is C1=CCC=C(c2ccc(Nc3ccc(-c4cccc5c4oc4ccccc45)cc3)cc2)C=C1. The molecule has 33 heavy (non-hydrogen) atoms. The Kier molecular flexibility index (Phi) is 4.89. The number of hydrogen-bond donors (Lipinski definition) is 1. The van der Waals surface area contributed by atoms with Gasteiger partial charge in [-0.1, -0.05) is 91.0 Å². The molecular formula is C31H23NO. The predicted molar refractivity (Wildman–Crippen MR) is 140 cm³/mol. The van der Waals surface area contributed by atoms with Crippen LogP contribution in [0.15, 0.2) is 126 Å². The topological polar surface area (TPSA) is 25.2 Å². The van der Waals surface area contributed by atoms with E-state index < -0.39 is 0 Å². The normalized spacial score (nSPS) is 13.3. The smallest absolute Gasteiger partial charge is 0.143 e. The van der Waals surface area contributed by atoms with Crippen LogP contribution >= 0.6 is 0 Å². The maximum Gasteiger partial charge on any atom is 0.143 e. The van der Waals surface area contributed by atoms with E-state index in [0.29, 0.717) is 0 Å². The minimum atomic E-state index is 0.924. The second-order valence-electron chi connectivity index (χ2n) is 8.24. The Hall–Kier alpha value is -4.30. The molecule has 0 bridgehead atoms. The first kappa shape index (κ1) is 19.4. The number of furan rings is 1. The molecule has 4 aromatic carbocycles. The second-order valence-corrected chi connectivity index (χ2v) is 8.24. The molecule has 1 aliphatic rings. The summed E-state index contributed by atoms with van der Waals surface area (Å²) in [6.45, 7) is 0. The number of benzene rings is 4. The molecular weight excluding hydrogens is 402 g/mol. The fourth-order valence-corrected chi connectivity index (χ4v) is 4.41. The van der Waals surface area contributed by atoms with Crippen molar-refractivity contribution in [3.63, 3.8) is 0 Å². The maximum atomic E-state index is 6.20. The number of fused-ring (bicyclic) bond motifs is 3. The molecule has 158 valence electrons. The molecule has 1 N–H and O–H groups in total. The van der Waals surface area contributed by atoms with E-state index in [-0.39, 0.29) is 0 Å². The van der Waals surface area contributed by atoms with Crippen LogP contribution in [-0.2, 0) is 0 Å². The van der Waals surface area contributed by atoms with Gasteiger partial charge < -0.3 is 9.73 Å². The molecule has 0 saturated carbocycles. The van der Waals surface area contributed by atoms with E-state index in [1.807, 2.05) is 12.1 Å². The molecule has 2 heteroatoms. The van der Waals surface area contributed by atoms with Crippen molar-refractivity contribution < 1.29 is 4.42 Å². The first-order chi connectivity index (χ1) is 16.3. The minimum Gasteiger partial charge on any atom is -0.455 e. The monoisotopic (exact) mass is 425 g/mol. The van der Waals surface area contributed by atoms with E-state index >= 15 is 0 Å². The lowest BCUT2D eigenvalue weighted by atomic mass is 10.0. The van der Waals surface area contributed by atoms with Gasteiger partial charge in [0.2, 0.25) is 0 Å². The Bertz CT molecular complexity index is 1530. The molecule has 5 aromatic rings. The van der Waals surface area contributed by atoms with Gasteiger partial charge in [-0.3, -0.25) is 0 Å². The third kappa shape index (κ3) is 3.77. The fraction of sp³-hybridized carbons (Fsp3) is 0.0323. The number of nitrogens with one attached hydrogen (secondary N) is 1. The molecule has 0 amide bonds. The van der Waals surface area contributed by atoms with Gasteiger partial charge >= 0.3 is 0 Å². The number of rotatable bonds is 4. The Morgan fingerprint density at radius 3 is 2.18 bits per heavy atom. The minimum absolute atomic E-state index is 0.924. The molecule has 1 heterocycles. The lowest BCUT2D eigenvalue weighted by Gasteiger charge is -2.10. The van der Waals surface area contributed by atoms with Gasteiger partial charge in [-0.25, -0.2) is 0 Å². The highest BCUT2D eigenvalue weighted by Crippen LogP contribution is 2.36. The van der Waals surface area contributed by atoms with Crippen LogP contribution in [0.25, 0.3) is 38.6 Å². The molecule has 0 radical (unpaired) electrons. The van der Waals surface area contributed by atoms with Crippen LogP contribution in [0.5, 0.6) is 0 Å². The Morgan fingerprint density at radius 2 is 1.36 bits per heavy atom. The summed E-state index contributed by atoms with van der Waals surface area (Å²) in [4.78, 5) is 0. The molecule has 0 atom stereocenters. The molecule has 2 nitrogen and oxygen atoms in total. The van der Waals surface area contributed by atoms with Crippen molar-refractivity contribution in [3.8, 4) is 11.1 Å². The van der Waals surface area contributed by atoms with Gasteiger partial charge in [0.05, 0.1) is 0 Å². The molecule has 0 fully saturated rings. The van der Waals surface area contributed by atoms with Crippen LogP contribution in [0.4, 0.5) is 11.4 Å². The summed E-state index contributed by atoms with van der Waals surface area (Å²) in [6.07, 6.45) is 11.7. The van der Waals surface area contributed by atoms with Gasteiger partial charge in [0.1, 0.15) is 11.2 Å². The van der Waals surface area contributed by atoms with Crippen LogP contribution in [0.1, 0.15) is 12.0 Å². The van der Waals surface area contributed by atoms with Crippen molar-refractivity contribution in [1.82, 2.24) is 0 Å². The Morgan fingerprint density at radius 1 is 0.636 bits per heavy atom. The molecule has 0 saturated heterocycles. The van der Waals surface area contributed by atoms with E-state index in [1.54, 1.807) is 0 Å². The second kappa shape index (κ2) is 8.33. The average molecular weight is 426 g/mol. The number of allylic oxidation sites excluding steroid dienone is 6. The Balaban J connectivity index is 1.25. The molecule has 6 rings (SSSR count). The summed E-state index contributed by atoms with van der Waals surface area (Å²) in [6, 6.07) is 31.7. The third-order valence-corrected chi connectivity index (χ3v) is 6.10. The summed E-state index contributed by atoms with van der Waals surface area (Å²) in [7, 11) is 0. The third-order valence-electron chi connectivity index (χ3n) is 6.10. The van der Waals surface area contributed by atoms with E-state index in [4.69, 9.17) is 4.42 Å². The van der Waals surface area contributed by atoms with Crippen LogP contribution in [-0.4, -0.2) is 0 Å². The number of hydrogen-bond acceptors (Lipinski definition) is 2. The van der Waals surface area contributed by atoms with Gasteiger partial charge in [0.25, 0.3) is 0 Å². The average Bonchev–Trinajstić information content (AvgIpc) is 3.03. The lowest BCUT2D eigenvalue weighted by Crippen LogP contribution is -1.91. The van der Waals surface area contributed by atoms with E-state index in [2.05, 4.69) is 115 Å². The van der Waals surface area contributed by atoms with E-state index in [0.717, 1.165) is 50.9 Å². The van der Waals surface area contributed by atoms with Crippen LogP contribution in [0.3, 0.4) is 0 Å². The van der Waals surface area contributed by atoms with Crippen molar-refractivity contribution >= 4 is 38.9 Å². The Labute approximate surface area is 193 Å². The van der Waals surface area contributed by atoms with E-state index in [9.17, 15) is 0 Å². The summed E-state index contributed by atoms with van der Waals surface area (Å²) in [5.41, 5.74) is 8.73. The largest absolute Gasteiger partial charge is 0.455 e. The molecule has 1 aliphatic carbocycles. The van der Waals surface area contributed by atoms with Crippen LogP contribution in [0, 0.1) is 0 Å². The standard InChI is InChI=1S/C31H23NO/c1-2-4-9-22(8-3-1)23-14-18-25(19-15-23)32-26-20-16-24(17-21-26)27-11-7-12-29-28-10-5-6-13-30(28)33-31(27)29/h1-3,5-21,32H,4H2. The first-order valence-corrected chi connectivity index (χ1v) is 11.3. The van der Waals surface area contributed by atoms with Gasteiger partial charge in [0.15, 0.2) is 0 Å². The van der Waals surface area contributed by atoms with Gasteiger partial charge in [0, 0.05) is 27.7 Å². The summed E-state index contributed by atoms with van der Waals surface area (Å²) < 4.78 is 6.20. The quantitative estimate of drug-likeness (QED) is 0.311. The summed E-state index contributed by atoms with van der Waals surface area (Å²) in [5, 5.41) is 5.82. The lowest BCUT2D eigenvalue weighted by molar-refractivity contribution is 0.670. The highest BCUT2D eigenvalue weighted by Gasteiger charge is 2.11. The van der Waals surface area contributed by atoms with Crippen molar-refractivity contribution in [1.29, 1.82) is 0 Å². The van der Waals surface area contributed by atoms with Crippen LogP contribution < -0.4 is 5.32 Å². The molecule has 1 aromatic heterocycles. The maximum absolute atomic E-state index is 6.20. The van der Waals surface area contributed by atoms with E-state index in [1.165, 1.54) is 11.1 Å². The van der Waals surface area contributed by atoms with Crippen molar-refractivity contribution in [2.75, 3.05) is 5.32 Å². The molecule has 0 aliphatic heterocycles. The number of anilines is 2. The zero-order valence-electron chi connectivity index (χ0n) is 18.2. The summed E-state index contributed by atoms with van der Waals surface area (Å²) in [5.74, 6) is 0. The zero-order valence-corrected chi connectivity index (χ0v) is 18.2. The van der Waals surface area contributed by atoms with Crippen LogP contribution in [0.2, 0.25) is 0 Å². The van der Waals surface area contributed by atoms with Gasteiger partial charge in [-0.05, 0) is 53.5 Å². The summed E-state index contributed by atoms with van der Waals surface area (Å²) >= 11 is 0. The molecule has 0 unspecified atom stereocenters. The predicted octanol–water partition coefficient (Wildman–Crippen LogP) is 8.90. The first-order valence-electron chi connectivity index (χ1n) is 11.3. The highest BCUT2D eigenvalue weighted by atomic mass is 16.3. The van der Waals surface area contributed by atoms with Gasteiger partial charge in [-0.2, -0.15) is 0 Å². The molecule has 0 spiro atoms. The highest BCUT2D eigenvalue weighted by molar-refractivity contribution is 6.09. The van der Waals surface area contributed by atoms with Crippen molar-refractivity contribution in [2.45, 2.75) is 6.42 Å². The zero-order chi connectivity index (χ0) is 22.0. The fourth-order valence-electron chi connectivity index (χ4n) is 4.41. The number of para-hydroxylation sites is 2. The van der Waals surface area contributed by atoms with Gasteiger partial charge in [-0.15, -0.1) is 0 Å². The van der Waals surface area contributed by atoms with Crippen molar-refractivity contribution in [2.24, 2.45) is 0 Å². The van der Waals surface area contributed by atoms with Crippen molar-refractivity contribution in [3.05, 3.63) is 127 Å².